The maximum absolute atomic E-state index is 10.9. The Morgan fingerprint density at radius 1 is 0.941 bits per heavy atom. The van der Waals surface area contributed by atoms with E-state index in [1.54, 1.807) is 12.1 Å². The molecule has 0 saturated heterocycles. The highest BCUT2D eigenvalue weighted by molar-refractivity contribution is 6.06. The molecule has 0 bridgehead atoms. The van der Waals surface area contributed by atoms with Gasteiger partial charge in [-0.2, -0.15) is 0 Å². The summed E-state index contributed by atoms with van der Waals surface area (Å²) in [6, 6.07) is 12.4. The molecule has 0 atom stereocenters. The fraction of sp³-hybridized carbons (Fsp3) is 0. The Bertz CT molecular complexity index is 738. The summed E-state index contributed by atoms with van der Waals surface area (Å²) >= 11 is 0. The molecule has 0 aliphatic carbocycles. The topological polar surface area (TPSA) is 63.1 Å². The molecule has 3 rings (SSSR count). The Morgan fingerprint density at radius 3 is 2.41 bits per heavy atom. The van der Waals surface area contributed by atoms with Crippen molar-refractivity contribution in [1.29, 1.82) is 0 Å². The zero-order valence-corrected chi connectivity index (χ0v) is 8.79. The van der Waals surface area contributed by atoms with Crippen molar-refractivity contribution in [1.82, 2.24) is 10.2 Å². The summed E-state index contributed by atoms with van der Waals surface area (Å²) in [6.45, 7) is 0. The van der Waals surface area contributed by atoms with Crippen molar-refractivity contribution in [2.24, 2.45) is 0 Å². The van der Waals surface area contributed by atoms with Crippen LogP contribution in [-0.2, 0) is 0 Å². The SMILES string of the molecule is O=C(O)c1ccc2nnc3ccccc3c2c1. The third-order valence-electron chi connectivity index (χ3n) is 2.70. The molecule has 0 aliphatic rings. The number of aromatic nitrogens is 2. The zero-order chi connectivity index (χ0) is 11.8. The third-order valence-corrected chi connectivity index (χ3v) is 2.70. The molecule has 0 unspecified atom stereocenters. The van der Waals surface area contributed by atoms with Crippen LogP contribution >= 0.6 is 0 Å². The van der Waals surface area contributed by atoms with Crippen LogP contribution in [0.2, 0.25) is 0 Å². The van der Waals surface area contributed by atoms with Crippen molar-refractivity contribution < 1.29 is 9.90 Å². The van der Waals surface area contributed by atoms with Gasteiger partial charge < -0.3 is 5.11 Å². The quantitative estimate of drug-likeness (QED) is 0.645. The van der Waals surface area contributed by atoms with E-state index in [4.69, 9.17) is 5.11 Å². The van der Waals surface area contributed by atoms with Crippen molar-refractivity contribution in [3.05, 3.63) is 48.0 Å². The molecule has 4 nitrogen and oxygen atoms in total. The Kier molecular flexibility index (Phi) is 2.01. The van der Waals surface area contributed by atoms with Gasteiger partial charge in [-0.25, -0.2) is 4.79 Å². The second kappa shape index (κ2) is 3.52. The van der Waals surface area contributed by atoms with E-state index < -0.39 is 5.97 Å². The highest BCUT2D eigenvalue weighted by Crippen LogP contribution is 2.22. The van der Waals surface area contributed by atoms with Gasteiger partial charge in [0, 0.05) is 10.8 Å². The molecule has 0 saturated carbocycles. The van der Waals surface area contributed by atoms with Crippen molar-refractivity contribution in [3.63, 3.8) is 0 Å². The number of benzene rings is 2. The first kappa shape index (κ1) is 9.72. The van der Waals surface area contributed by atoms with Crippen LogP contribution in [0.5, 0.6) is 0 Å². The number of nitrogens with zero attached hydrogens (tertiary/aromatic N) is 2. The van der Waals surface area contributed by atoms with Gasteiger partial charge in [0.2, 0.25) is 0 Å². The molecule has 1 N–H and O–H groups in total. The van der Waals surface area contributed by atoms with Crippen molar-refractivity contribution in [2.75, 3.05) is 0 Å². The molecule has 1 heterocycles. The van der Waals surface area contributed by atoms with Crippen molar-refractivity contribution in [3.8, 4) is 0 Å². The van der Waals surface area contributed by atoms with E-state index in [9.17, 15) is 4.79 Å². The predicted octanol–water partition coefficient (Wildman–Crippen LogP) is 2.48. The van der Waals surface area contributed by atoms with Gasteiger partial charge in [-0.15, -0.1) is 10.2 Å². The summed E-state index contributed by atoms with van der Waals surface area (Å²) in [6.07, 6.45) is 0. The van der Waals surface area contributed by atoms with Gasteiger partial charge in [0.1, 0.15) is 0 Å². The second-order valence-corrected chi connectivity index (χ2v) is 3.75. The van der Waals surface area contributed by atoms with Crippen LogP contribution in [0.15, 0.2) is 42.5 Å². The summed E-state index contributed by atoms with van der Waals surface area (Å²) in [7, 11) is 0. The lowest BCUT2D eigenvalue weighted by Gasteiger charge is -2.02. The molecule has 3 aromatic rings. The molecular weight excluding hydrogens is 216 g/mol. The first-order valence-corrected chi connectivity index (χ1v) is 5.14. The van der Waals surface area contributed by atoms with Crippen LogP contribution in [-0.4, -0.2) is 21.3 Å². The minimum atomic E-state index is -0.937. The molecule has 4 heteroatoms. The third kappa shape index (κ3) is 1.50. The van der Waals surface area contributed by atoms with Crippen LogP contribution < -0.4 is 0 Å². The first-order valence-electron chi connectivity index (χ1n) is 5.14. The minimum Gasteiger partial charge on any atom is -0.478 e. The maximum atomic E-state index is 10.9. The van der Waals surface area contributed by atoms with Gasteiger partial charge in [0.25, 0.3) is 0 Å². The van der Waals surface area contributed by atoms with Crippen LogP contribution in [0.1, 0.15) is 10.4 Å². The Hall–Kier alpha value is -2.49. The van der Waals surface area contributed by atoms with E-state index in [1.165, 1.54) is 6.07 Å². The number of carboxylic acids is 1. The van der Waals surface area contributed by atoms with Crippen molar-refractivity contribution in [2.45, 2.75) is 0 Å². The molecule has 82 valence electrons. The first-order chi connectivity index (χ1) is 8.25. The number of carboxylic acid groups (broad SMARTS) is 1. The molecule has 0 spiro atoms. The molecule has 0 amide bonds. The monoisotopic (exact) mass is 224 g/mol. The summed E-state index contributed by atoms with van der Waals surface area (Å²) in [4.78, 5) is 10.9. The lowest BCUT2D eigenvalue weighted by molar-refractivity contribution is 0.0697. The van der Waals surface area contributed by atoms with E-state index in [-0.39, 0.29) is 5.56 Å². The highest BCUT2D eigenvalue weighted by Gasteiger charge is 2.07. The standard InChI is InChI=1S/C13H8N2O2/c16-13(17)8-5-6-12-10(7-8)9-3-1-2-4-11(9)14-15-12/h1-7H,(H,16,17). The lowest BCUT2D eigenvalue weighted by Crippen LogP contribution is -1.96. The number of hydrogen-bond donors (Lipinski definition) is 1. The Balaban J connectivity index is 2.46. The average Bonchev–Trinajstić information content (AvgIpc) is 2.38. The summed E-state index contributed by atoms with van der Waals surface area (Å²) < 4.78 is 0. The molecule has 0 aliphatic heterocycles. The predicted molar refractivity (Wildman–Crippen MR) is 64.0 cm³/mol. The number of fused-ring (bicyclic) bond motifs is 3. The van der Waals surface area contributed by atoms with E-state index in [0.717, 1.165) is 16.3 Å². The summed E-state index contributed by atoms with van der Waals surface area (Å²) in [5.41, 5.74) is 1.73. The number of aromatic carboxylic acids is 1. The molecule has 0 radical (unpaired) electrons. The Labute approximate surface area is 96.5 Å². The Morgan fingerprint density at radius 2 is 1.65 bits per heavy atom. The van der Waals surface area contributed by atoms with E-state index in [2.05, 4.69) is 10.2 Å². The fourth-order valence-corrected chi connectivity index (χ4v) is 1.87. The molecule has 1 aromatic heterocycles. The van der Waals surface area contributed by atoms with Gasteiger partial charge in [0.05, 0.1) is 16.6 Å². The van der Waals surface area contributed by atoms with Crippen LogP contribution in [0.4, 0.5) is 0 Å². The second-order valence-electron chi connectivity index (χ2n) is 3.75. The van der Waals surface area contributed by atoms with Crippen LogP contribution in [0.3, 0.4) is 0 Å². The fourth-order valence-electron chi connectivity index (χ4n) is 1.87. The van der Waals surface area contributed by atoms with Gasteiger partial charge in [-0.3, -0.25) is 0 Å². The molecule has 2 aromatic carbocycles. The summed E-state index contributed by atoms with van der Waals surface area (Å²) in [5.74, 6) is -0.937. The largest absolute Gasteiger partial charge is 0.478 e. The number of rotatable bonds is 1. The van der Waals surface area contributed by atoms with Gasteiger partial charge in [0.15, 0.2) is 0 Å². The molecular formula is C13H8N2O2. The van der Waals surface area contributed by atoms with E-state index in [1.807, 2.05) is 24.3 Å². The van der Waals surface area contributed by atoms with E-state index >= 15 is 0 Å². The normalized spacial score (nSPS) is 10.8. The lowest BCUT2D eigenvalue weighted by atomic mass is 10.1. The minimum absolute atomic E-state index is 0.260. The van der Waals surface area contributed by atoms with Gasteiger partial charge in [-0.1, -0.05) is 18.2 Å². The van der Waals surface area contributed by atoms with Crippen LogP contribution in [0, 0.1) is 0 Å². The van der Waals surface area contributed by atoms with Gasteiger partial charge >= 0.3 is 5.97 Å². The smallest absolute Gasteiger partial charge is 0.335 e. The van der Waals surface area contributed by atoms with Gasteiger partial charge in [-0.05, 0) is 24.3 Å². The summed E-state index contributed by atoms with van der Waals surface area (Å²) in [5, 5.41) is 18.9. The number of carbonyl (C=O) groups is 1. The molecule has 0 fully saturated rings. The average molecular weight is 224 g/mol. The van der Waals surface area contributed by atoms with Crippen LogP contribution in [0.25, 0.3) is 21.8 Å². The highest BCUT2D eigenvalue weighted by atomic mass is 16.4. The van der Waals surface area contributed by atoms with Crippen molar-refractivity contribution >= 4 is 27.8 Å². The molecule has 17 heavy (non-hydrogen) atoms. The number of hydrogen-bond acceptors (Lipinski definition) is 3. The zero-order valence-electron chi connectivity index (χ0n) is 8.79. The maximum Gasteiger partial charge on any atom is 0.335 e. The van der Waals surface area contributed by atoms with E-state index in [0.29, 0.717) is 5.52 Å².